The second-order valence-electron chi connectivity index (χ2n) is 2.36. The first kappa shape index (κ1) is 9.03. The van der Waals surface area contributed by atoms with Gasteiger partial charge in [0.25, 0.3) is 0 Å². The van der Waals surface area contributed by atoms with Gasteiger partial charge in [0, 0.05) is 7.16 Å². The molecule has 1 rings (SSSR count). The van der Waals surface area contributed by atoms with Crippen molar-refractivity contribution in [3.8, 4) is 0 Å². The van der Waals surface area contributed by atoms with Crippen molar-refractivity contribution in [3.63, 3.8) is 0 Å². The second-order valence-corrected chi connectivity index (χ2v) is 4.96. The van der Waals surface area contributed by atoms with Crippen molar-refractivity contribution >= 4 is 45.2 Å². The van der Waals surface area contributed by atoms with Gasteiger partial charge in [-0.05, 0) is 70.9 Å². The topological polar surface area (TPSA) is 0 Å². The lowest BCUT2D eigenvalue weighted by Gasteiger charge is -2.04. The van der Waals surface area contributed by atoms with E-state index in [9.17, 15) is 0 Å². The zero-order chi connectivity index (χ0) is 7.40. The van der Waals surface area contributed by atoms with E-state index in [1.807, 2.05) is 0 Å². The molecule has 0 heterocycles. The Bertz CT molecular complexity index is 150. The van der Waals surface area contributed by atoms with Crippen LogP contribution in [-0.2, 0) is 0 Å². The maximum Gasteiger partial charge on any atom is 0.000177 e. The molecule has 0 nitrogen and oxygen atoms in total. The number of hydrogen-bond donors (Lipinski definition) is 0. The molecule has 56 valence electrons. The van der Waals surface area contributed by atoms with Gasteiger partial charge in [0.1, 0.15) is 0 Å². The third kappa shape index (κ3) is 2.90. The fraction of sp³-hybridized carbons (Fsp3) is 0.500. The van der Waals surface area contributed by atoms with Gasteiger partial charge in [0.15, 0.2) is 0 Å². The first-order chi connectivity index (χ1) is 4.80. The fourth-order valence-corrected chi connectivity index (χ4v) is 2.09. The molecule has 0 saturated carbocycles. The van der Waals surface area contributed by atoms with Crippen LogP contribution in [0, 0.1) is 0 Å². The van der Waals surface area contributed by atoms with Crippen molar-refractivity contribution in [2.45, 2.75) is 25.7 Å². The van der Waals surface area contributed by atoms with Gasteiger partial charge < -0.3 is 0 Å². The molecule has 0 aromatic rings. The monoisotopic (exact) mass is 360 g/mol. The molecule has 1 aliphatic rings. The summed E-state index contributed by atoms with van der Waals surface area (Å²) in [5, 5.41) is 0. The van der Waals surface area contributed by atoms with E-state index in [1.54, 1.807) is 7.16 Å². The van der Waals surface area contributed by atoms with Crippen molar-refractivity contribution in [2.24, 2.45) is 0 Å². The molecule has 0 spiro atoms. The fourth-order valence-electron chi connectivity index (χ4n) is 0.927. The average Bonchev–Trinajstić information content (AvgIpc) is 1.92. The Morgan fingerprint density at radius 1 is 0.900 bits per heavy atom. The van der Waals surface area contributed by atoms with Gasteiger partial charge in [-0.1, -0.05) is 12.2 Å². The van der Waals surface area contributed by atoms with Crippen LogP contribution in [0.1, 0.15) is 25.7 Å². The summed E-state index contributed by atoms with van der Waals surface area (Å²) >= 11 is 4.93. The van der Waals surface area contributed by atoms with Crippen LogP contribution < -0.4 is 0 Å². The van der Waals surface area contributed by atoms with Crippen LogP contribution in [0.15, 0.2) is 19.3 Å². The highest BCUT2D eigenvalue weighted by Crippen LogP contribution is 2.28. The molecule has 10 heavy (non-hydrogen) atoms. The van der Waals surface area contributed by atoms with Gasteiger partial charge in [-0.3, -0.25) is 0 Å². The van der Waals surface area contributed by atoms with Gasteiger partial charge in [-0.15, -0.1) is 0 Å². The molecule has 0 amide bonds. The molecule has 0 aromatic heterocycles. The summed E-state index contributed by atoms with van der Waals surface area (Å²) in [4.78, 5) is 0. The Labute approximate surface area is 89.4 Å². The minimum Gasteiger partial charge on any atom is -0.0882 e. The van der Waals surface area contributed by atoms with Crippen molar-refractivity contribution in [3.05, 3.63) is 19.3 Å². The molecule has 0 aliphatic heterocycles. The standard InChI is InChI=1S/C8H10I2/c9-7-5-3-1-2-4-6-8(7)10/h1-2H,3-6H2/b2-1-,8-7-. The van der Waals surface area contributed by atoms with Crippen LogP contribution in [-0.4, -0.2) is 0 Å². The molecular weight excluding hydrogens is 350 g/mol. The quantitative estimate of drug-likeness (QED) is 0.449. The van der Waals surface area contributed by atoms with Gasteiger partial charge in [-0.25, -0.2) is 0 Å². The molecule has 2 heteroatoms. The molecule has 0 saturated heterocycles. The van der Waals surface area contributed by atoms with Crippen LogP contribution in [0.2, 0.25) is 0 Å². The Kier molecular flexibility index (Phi) is 4.28. The van der Waals surface area contributed by atoms with Crippen LogP contribution in [0.25, 0.3) is 0 Å². The lowest BCUT2D eigenvalue weighted by atomic mass is 10.1. The summed E-state index contributed by atoms with van der Waals surface area (Å²) in [5.41, 5.74) is 0. The predicted octanol–water partition coefficient (Wildman–Crippen LogP) is 4.20. The lowest BCUT2D eigenvalue weighted by Crippen LogP contribution is -1.82. The van der Waals surface area contributed by atoms with Crippen molar-refractivity contribution in [1.82, 2.24) is 0 Å². The highest BCUT2D eigenvalue weighted by Gasteiger charge is 2.00. The molecule has 0 N–H and O–H groups in total. The summed E-state index contributed by atoms with van der Waals surface area (Å²) in [6.45, 7) is 0. The third-order valence-electron chi connectivity index (χ3n) is 1.52. The van der Waals surface area contributed by atoms with E-state index < -0.39 is 0 Å². The number of hydrogen-bond acceptors (Lipinski definition) is 0. The zero-order valence-corrected chi connectivity index (χ0v) is 10.1. The Morgan fingerprint density at radius 3 is 1.70 bits per heavy atom. The first-order valence-electron chi connectivity index (χ1n) is 3.48. The molecule has 0 atom stereocenters. The lowest BCUT2D eigenvalue weighted by molar-refractivity contribution is 0.953. The molecule has 1 aliphatic carbocycles. The number of allylic oxidation sites excluding steroid dienone is 4. The van der Waals surface area contributed by atoms with Crippen LogP contribution >= 0.6 is 45.2 Å². The van der Waals surface area contributed by atoms with Crippen LogP contribution in [0.3, 0.4) is 0 Å². The molecule has 0 fully saturated rings. The first-order valence-corrected chi connectivity index (χ1v) is 5.64. The largest absolute Gasteiger partial charge is 0.0882 e. The Morgan fingerprint density at radius 2 is 1.30 bits per heavy atom. The maximum atomic E-state index is 2.46. The minimum atomic E-state index is 1.23. The molecule has 0 bridgehead atoms. The summed E-state index contributed by atoms with van der Waals surface area (Å²) in [6, 6.07) is 0. The summed E-state index contributed by atoms with van der Waals surface area (Å²) in [5.74, 6) is 0. The van der Waals surface area contributed by atoms with E-state index in [2.05, 4.69) is 57.3 Å². The van der Waals surface area contributed by atoms with Crippen LogP contribution in [0.5, 0.6) is 0 Å². The van der Waals surface area contributed by atoms with Crippen molar-refractivity contribution in [2.75, 3.05) is 0 Å². The van der Waals surface area contributed by atoms with E-state index in [4.69, 9.17) is 0 Å². The molecule has 0 radical (unpaired) electrons. The summed E-state index contributed by atoms with van der Waals surface area (Å²) in [6.07, 6.45) is 9.53. The van der Waals surface area contributed by atoms with E-state index in [0.717, 1.165) is 0 Å². The van der Waals surface area contributed by atoms with E-state index in [-0.39, 0.29) is 0 Å². The van der Waals surface area contributed by atoms with Gasteiger partial charge in [0.2, 0.25) is 0 Å². The van der Waals surface area contributed by atoms with Gasteiger partial charge in [0.05, 0.1) is 0 Å². The minimum absolute atomic E-state index is 1.23. The third-order valence-corrected chi connectivity index (χ3v) is 4.93. The Hall–Kier alpha value is 0.940. The average molecular weight is 360 g/mol. The second kappa shape index (κ2) is 4.74. The van der Waals surface area contributed by atoms with E-state index in [0.29, 0.717) is 0 Å². The molecular formula is C8H10I2. The maximum absolute atomic E-state index is 2.46. The summed E-state index contributed by atoms with van der Waals surface area (Å²) in [7, 11) is 0. The van der Waals surface area contributed by atoms with Crippen molar-refractivity contribution < 1.29 is 0 Å². The van der Waals surface area contributed by atoms with E-state index in [1.165, 1.54) is 25.7 Å². The zero-order valence-electron chi connectivity index (χ0n) is 5.74. The molecule has 0 aromatic carbocycles. The van der Waals surface area contributed by atoms with Gasteiger partial charge >= 0.3 is 0 Å². The highest BCUT2D eigenvalue weighted by atomic mass is 127. The van der Waals surface area contributed by atoms with Gasteiger partial charge in [-0.2, -0.15) is 0 Å². The smallest absolute Gasteiger partial charge is 0.000177 e. The number of rotatable bonds is 0. The SMILES string of the molecule is I/C1=C(\I)CC/C=C\CC1. The number of halogens is 2. The predicted molar refractivity (Wildman–Crippen MR) is 62.7 cm³/mol. The molecule has 0 unspecified atom stereocenters. The Balaban J connectivity index is 2.57. The van der Waals surface area contributed by atoms with Crippen molar-refractivity contribution in [1.29, 1.82) is 0 Å². The highest BCUT2D eigenvalue weighted by molar-refractivity contribution is 14.1. The summed E-state index contributed by atoms with van der Waals surface area (Å²) < 4.78 is 3.12. The van der Waals surface area contributed by atoms with E-state index >= 15 is 0 Å². The van der Waals surface area contributed by atoms with Crippen LogP contribution in [0.4, 0.5) is 0 Å². The normalized spacial score (nSPS) is 31.0.